The average Bonchev–Trinajstić information content (AvgIpc) is 3.39. The Morgan fingerprint density at radius 1 is 1.21 bits per heavy atom. The molecule has 1 unspecified atom stereocenters. The quantitative estimate of drug-likeness (QED) is 0.680. The van der Waals surface area contributed by atoms with Gasteiger partial charge in [-0.05, 0) is 25.0 Å². The van der Waals surface area contributed by atoms with Gasteiger partial charge in [-0.1, -0.05) is 41.6 Å². The molecule has 4 rings (SSSR count). The van der Waals surface area contributed by atoms with Gasteiger partial charge >= 0.3 is 0 Å². The third-order valence-electron chi connectivity index (χ3n) is 5.06. The van der Waals surface area contributed by atoms with Crippen molar-refractivity contribution in [2.75, 3.05) is 13.7 Å². The van der Waals surface area contributed by atoms with Crippen molar-refractivity contribution < 1.29 is 13.9 Å². The third-order valence-corrected chi connectivity index (χ3v) is 5.06. The molecule has 1 amide bonds. The largest absolute Gasteiger partial charge is 0.496 e. The number of amides is 1. The zero-order valence-electron chi connectivity index (χ0n) is 15.6. The third kappa shape index (κ3) is 3.47. The molecule has 0 aliphatic carbocycles. The smallest absolute Gasteiger partial charge is 0.276 e. The van der Waals surface area contributed by atoms with E-state index in [0.29, 0.717) is 12.1 Å². The molecule has 2 heterocycles. The van der Waals surface area contributed by atoms with Crippen LogP contribution in [0, 0.1) is 5.82 Å². The standard InChI is InChI=1S/C21H21FN4O2/c1-28-20-11-5-3-8-16(20)19-10-6-12-26(19)21(27)18-14-25(24-23-18)13-15-7-2-4-9-17(15)22/h2-5,7-9,11,14,19H,6,10,12-13H2,1H3. The summed E-state index contributed by atoms with van der Waals surface area (Å²) in [7, 11) is 1.63. The molecular weight excluding hydrogens is 359 g/mol. The molecule has 1 aliphatic rings. The maximum atomic E-state index is 13.8. The van der Waals surface area contributed by atoms with Crippen LogP contribution in [0.3, 0.4) is 0 Å². The number of hydrogen-bond acceptors (Lipinski definition) is 4. The molecule has 0 saturated carbocycles. The number of halogens is 1. The van der Waals surface area contributed by atoms with E-state index in [1.165, 1.54) is 10.7 Å². The van der Waals surface area contributed by atoms with Crippen LogP contribution in [0.5, 0.6) is 5.75 Å². The Morgan fingerprint density at radius 2 is 2.00 bits per heavy atom. The van der Waals surface area contributed by atoms with Gasteiger partial charge in [-0.25, -0.2) is 9.07 Å². The number of ether oxygens (including phenoxy) is 1. The molecule has 0 N–H and O–H groups in total. The van der Waals surface area contributed by atoms with E-state index in [0.717, 1.165) is 24.2 Å². The van der Waals surface area contributed by atoms with Crippen molar-refractivity contribution in [2.24, 2.45) is 0 Å². The number of likely N-dealkylation sites (tertiary alicyclic amines) is 1. The fourth-order valence-electron chi connectivity index (χ4n) is 3.70. The van der Waals surface area contributed by atoms with Crippen molar-refractivity contribution >= 4 is 5.91 Å². The van der Waals surface area contributed by atoms with Crippen LogP contribution in [0.2, 0.25) is 0 Å². The minimum Gasteiger partial charge on any atom is -0.496 e. The van der Waals surface area contributed by atoms with Crippen LogP contribution in [-0.4, -0.2) is 39.5 Å². The van der Waals surface area contributed by atoms with Gasteiger partial charge in [0.2, 0.25) is 0 Å². The number of rotatable bonds is 5. The first-order chi connectivity index (χ1) is 13.7. The van der Waals surface area contributed by atoms with Gasteiger partial charge in [0, 0.05) is 17.7 Å². The van der Waals surface area contributed by atoms with Crippen molar-refractivity contribution in [3.8, 4) is 5.75 Å². The zero-order chi connectivity index (χ0) is 19.5. The molecule has 7 heteroatoms. The highest BCUT2D eigenvalue weighted by atomic mass is 19.1. The maximum absolute atomic E-state index is 13.8. The summed E-state index contributed by atoms with van der Waals surface area (Å²) in [6.07, 6.45) is 3.36. The fraction of sp³-hybridized carbons (Fsp3) is 0.286. The molecule has 0 spiro atoms. The van der Waals surface area contributed by atoms with E-state index < -0.39 is 0 Å². The summed E-state index contributed by atoms with van der Waals surface area (Å²) in [5, 5.41) is 8.03. The van der Waals surface area contributed by atoms with Crippen molar-refractivity contribution in [1.29, 1.82) is 0 Å². The molecule has 144 valence electrons. The first-order valence-corrected chi connectivity index (χ1v) is 9.25. The lowest BCUT2D eigenvalue weighted by Gasteiger charge is -2.25. The molecule has 0 bridgehead atoms. The van der Waals surface area contributed by atoms with Crippen molar-refractivity contribution in [1.82, 2.24) is 19.9 Å². The number of para-hydroxylation sites is 1. The molecule has 2 aromatic carbocycles. The number of nitrogens with zero attached hydrogens (tertiary/aromatic N) is 4. The lowest BCUT2D eigenvalue weighted by Crippen LogP contribution is -2.31. The van der Waals surface area contributed by atoms with E-state index in [-0.39, 0.29) is 30.0 Å². The topological polar surface area (TPSA) is 60.2 Å². The van der Waals surface area contributed by atoms with Crippen LogP contribution in [0.25, 0.3) is 0 Å². The second-order valence-electron chi connectivity index (χ2n) is 6.79. The molecule has 28 heavy (non-hydrogen) atoms. The second kappa shape index (κ2) is 7.80. The molecular formula is C21H21FN4O2. The summed E-state index contributed by atoms with van der Waals surface area (Å²) in [6, 6.07) is 14.2. The van der Waals surface area contributed by atoms with E-state index in [1.54, 1.807) is 31.5 Å². The van der Waals surface area contributed by atoms with Gasteiger partial charge in [0.15, 0.2) is 5.69 Å². The SMILES string of the molecule is COc1ccccc1C1CCCN1C(=O)c1cn(Cc2ccccc2F)nn1. The number of carbonyl (C=O) groups is 1. The monoisotopic (exact) mass is 380 g/mol. The van der Waals surface area contributed by atoms with Crippen molar-refractivity contribution in [3.63, 3.8) is 0 Å². The van der Waals surface area contributed by atoms with Crippen LogP contribution in [-0.2, 0) is 6.54 Å². The Morgan fingerprint density at radius 3 is 2.82 bits per heavy atom. The van der Waals surface area contributed by atoms with Gasteiger partial charge in [-0.3, -0.25) is 4.79 Å². The van der Waals surface area contributed by atoms with E-state index in [1.807, 2.05) is 29.2 Å². The minimum atomic E-state index is -0.304. The van der Waals surface area contributed by atoms with Crippen LogP contribution >= 0.6 is 0 Å². The summed E-state index contributed by atoms with van der Waals surface area (Å²) in [5.74, 6) is 0.297. The van der Waals surface area contributed by atoms with Crippen LogP contribution in [0.1, 0.15) is 40.5 Å². The molecule has 1 saturated heterocycles. The Labute approximate surface area is 162 Å². The van der Waals surface area contributed by atoms with Gasteiger partial charge in [-0.15, -0.1) is 5.10 Å². The van der Waals surface area contributed by atoms with Gasteiger partial charge in [0.25, 0.3) is 5.91 Å². The summed E-state index contributed by atoms with van der Waals surface area (Å²) >= 11 is 0. The molecule has 1 aromatic heterocycles. The van der Waals surface area contributed by atoms with Crippen molar-refractivity contribution in [3.05, 3.63) is 77.4 Å². The van der Waals surface area contributed by atoms with Gasteiger partial charge < -0.3 is 9.64 Å². The Kier molecular flexibility index (Phi) is 5.06. The summed E-state index contributed by atoms with van der Waals surface area (Å²) in [6.45, 7) is 0.880. The molecule has 6 nitrogen and oxygen atoms in total. The number of hydrogen-bond donors (Lipinski definition) is 0. The first kappa shape index (κ1) is 18.2. The van der Waals surface area contributed by atoms with E-state index in [2.05, 4.69) is 10.3 Å². The summed E-state index contributed by atoms with van der Waals surface area (Å²) in [5.41, 5.74) is 1.76. The van der Waals surface area contributed by atoms with Gasteiger partial charge in [-0.2, -0.15) is 0 Å². The predicted molar refractivity (Wildman–Crippen MR) is 102 cm³/mol. The lowest BCUT2D eigenvalue weighted by atomic mass is 10.0. The predicted octanol–water partition coefficient (Wildman–Crippen LogP) is 3.45. The first-order valence-electron chi connectivity index (χ1n) is 9.25. The van der Waals surface area contributed by atoms with Crippen LogP contribution in [0.15, 0.2) is 54.7 Å². The zero-order valence-corrected chi connectivity index (χ0v) is 15.6. The van der Waals surface area contributed by atoms with E-state index in [9.17, 15) is 9.18 Å². The molecule has 1 atom stereocenters. The fourth-order valence-corrected chi connectivity index (χ4v) is 3.70. The molecule has 0 radical (unpaired) electrons. The number of carbonyl (C=O) groups excluding carboxylic acids is 1. The number of methoxy groups -OCH3 is 1. The lowest BCUT2D eigenvalue weighted by molar-refractivity contribution is 0.0728. The van der Waals surface area contributed by atoms with E-state index in [4.69, 9.17) is 4.74 Å². The Hall–Kier alpha value is -3.22. The molecule has 1 fully saturated rings. The number of aromatic nitrogens is 3. The molecule has 1 aliphatic heterocycles. The second-order valence-corrected chi connectivity index (χ2v) is 6.79. The van der Waals surface area contributed by atoms with Crippen LogP contribution in [0.4, 0.5) is 4.39 Å². The normalized spacial score (nSPS) is 16.4. The maximum Gasteiger partial charge on any atom is 0.276 e. The highest BCUT2D eigenvalue weighted by Crippen LogP contribution is 2.37. The van der Waals surface area contributed by atoms with Crippen molar-refractivity contribution in [2.45, 2.75) is 25.4 Å². The van der Waals surface area contributed by atoms with Gasteiger partial charge in [0.1, 0.15) is 11.6 Å². The minimum absolute atomic E-state index is 0.0552. The van der Waals surface area contributed by atoms with E-state index >= 15 is 0 Å². The van der Waals surface area contributed by atoms with Crippen LogP contribution < -0.4 is 4.74 Å². The molecule has 3 aromatic rings. The number of benzene rings is 2. The Bertz CT molecular complexity index is 988. The summed E-state index contributed by atoms with van der Waals surface area (Å²) in [4.78, 5) is 14.9. The highest BCUT2D eigenvalue weighted by Gasteiger charge is 2.33. The average molecular weight is 380 g/mol. The van der Waals surface area contributed by atoms with Gasteiger partial charge in [0.05, 0.1) is 25.9 Å². The summed E-state index contributed by atoms with van der Waals surface area (Å²) < 4.78 is 20.8. The Balaban J connectivity index is 1.54. The highest BCUT2D eigenvalue weighted by molar-refractivity contribution is 5.92.